The molecule has 1 aliphatic heterocycles. The van der Waals surface area contributed by atoms with Crippen LogP contribution in [-0.2, 0) is 9.53 Å². The summed E-state index contributed by atoms with van der Waals surface area (Å²) < 4.78 is 15.3. The van der Waals surface area contributed by atoms with Crippen molar-refractivity contribution < 1.29 is 33.5 Å². The molecular formula is C18H28N6O7. The molecule has 0 saturated carbocycles. The smallest absolute Gasteiger partial charge is 0.407 e. The Morgan fingerprint density at radius 3 is 2.90 bits per heavy atom. The number of nitrogens with one attached hydrogen (secondary N) is 5. The van der Waals surface area contributed by atoms with Crippen LogP contribution in [0.2, 0.25) is 0 Å². The fourth-order valence-electron chi connectivity index (χ4n) is 2.42. The maximum atomic E-state index is 12.2. The van der Waals surface area contributed by atoms with E-state index < -0.39 is 30.2 Å². The van der Waals surface area contributed by atoms with Crippen molar-refractivity contribution >= 4 is 18.0 Å². The monoisotopic (exact) mass is 440 g/mol. The molecule has 0 radical (unpaired) electrons. The van der Waals surface area contributed by atoms with Crippen LogP contribution in [0, 0.1) is 0 Å². The van der Waals surface area contributed by atoms with Gasteiger partial charge in [-0.15, -0.1) is 0 Å². The normalized spacial score (nSPS) is 17.2. The Labute approximate surface area is 178 Å². The maximum absolute atomic E-state index is 12.2. The van der Waals surface area contributed by atoms with E-state index in [0.717, 1.165) is 6.42 Å². The molecule has 1 aliphatic rings. The quantitative estimate of drug-likeness (QED) is 0.186. The van der Waals surface area contributed by atoms with Gasteiger partial charge in [0.1, 0.15) is 12.3 Å². The van der Waals surface area contributed by atoms with Crippen molar-refractivity contribution in [3.05, 3.63) is 24.1 Å². The number of carboxylic acids is 1. The number of hydrogen-bond acceptors (Lipinski definition) is 10. The number of ether oxygens (including phenoxy) is 2. The molecule has 31 heavy (non-hydrogen) atoms. The summed E-state index contributed by atoms with van der Waals surface area (Å²) in [5.41, 5.74) is 0. The van der Waals surface area contributed by atoms with Gasteiger partial charge in [-0.25, -0.2) is 14.9 Å². The van der Waals surface area contributed by atoms with Crippen molar-refractivity contribution in [2.75, 3.05) is 19.7 Å². The van der Waals surface area contributed by atoms with Crippen LogP contribution in [0.1, 0.15) is 37.2 Å². The third-order valence-electron chi connectivity index (χ3n) is 4.02. The minimum atomic E-state index is -1.37. The molecule has 3 atom stereocenters. The Kier molecular flexibility index (Phi) is 9.58. The Bertz CT molecular complexity index is 768. The van der Waals surface area contributed by atoms with Crippen LogP contribution in [0.15, 0.2) is 22.9 Å². The number of carbonyl (C=O) groups excluding carboxylic acids is 2. The number of hydrogen-bond donors (Lipinski definition) is 6. The van der Waals surface area contributed by atoms with E-state index in [1.807, 2.05) is 19.2 Å². The molecule has 0 aliphatic carbocycles. The Balaban J connectivity index is 1.79. The first-order chi connectivity index (χ1) is 14.9. The number of aromatic nitrogens is 1. The number of unbranched alkanes of at least 4 members (excludes halogenated alkanes) is 1. The van der Waals surface area contributed by atoms with E-state index in [-0.39, 0.29) is 31.1 Å². The van der Waals surface area contributed by atoms with E-state index in [2.05, 4.69) is 31.7 Å². The van der Waals surface area contributed by atoms with E-state index in [1.165, 1.54) is 6.07 Å². The number of alkyl carbamates (subject to hydrolysis) is 1. The molecule has 172 valence electrons. The Morgan fingerprint density at radius 1 is 1.42 bits per heavy atom. The van der Waals surface area contributed by atoms with Gasteiger partial charge in [0, 0.05) is 13.1 Å². The van der Waals surface area contributed by atoms with Gasteiger partial charge in [-0.05, 0) is 24.7 Å². The van der Waals surface area contributed by atoms with E-state index in [1.54, 1.807) is 6.92 Å². The number of aliphatic carboxylic acids is 1. The van der Waals surface area contributed by atoms with Gasteiger partial charge >= 0.3 is 12.1 Å². The van der Waals surface area contributed by atoms with Gasteiger partial charge in [-0.3, -0.25) is 10.1 Å². The fraction of sp³-hybridized carbons (Fsp3) is 0.556. The molecule has 0 spiro atoms. The average Bonchev–Trinajstić information content (AvgIpc) is 3.20. The number of rotatable bonds is 12. The van der Waals surface area contributed by atoms with Gasteiger partial charge in [0.15, 0.2) is 6.23 Å². The predicted octanol–water partition coefficient (Wildman–Crippen LogP) is -0.312. The third kappa shape index (κ3) is 8.52. The first kappa shape index (κ1) is 24.0. The molecule has 0 saturated heterocycles. The SMILES string of the molecule is CCCCOC(=O)NC(CNC(=O)c1cc(OC(C)NC2NC=CCN2)no1)C(=O)O. The lowest BCUT2D eigenvalue weighted by atomic mass is 10.3. The molecule has 1 aromatic rings. The van der Waals surface area contributed by atoms with Crippen molar-refractivity contribution in [2.45, 2.75) is 45.2 Å². The highest BCUT2D eigenvalue weighted by Gasteiger charge is 2.23. The van der Waals surface area contributed by atoms with Crippen LogP contribution >= 0.6 is 0 Å². The lowest BCUT2D eigenvalue weighted by Crippen LogP contribution is -2.56. The number of carboxylic acid groups (broad SMARTS) is 1. The van der Waals surface area contributed by atoms with E-state index in [0.29, 0.717) is 13.0 Å². The molecule has 0 bridgehead atoms. The molecule has 0 aromatic carbocycles. The molecule has 6 N–H and O–H groups in total. The third-order valence-corrected chi connectivity index (χ3v) is 4.02. The lowest BCUT2D eigenvalue weighted by molar-refractivity contribution is -0.139. The van der Waals surface area contributed by atoms with Crippen molar-refractivity contribution in [3.63, 3.8) is 0 Å². The second-order valence-electron chi connectivity index (χ2n) is 6.60. The highest BCUT2D eigenvalue weighted by molar-refractivity contribution is 5.92. The first-order valence-corrected chi connectivity index (χ1v) is 9.87. The zero-order valence-corrected chi connectivity index (χ0v) is 17.3. The van der Waals surface area contributed by atoms with Crippen LogP contribution in [0.5, 0.6) is 5.88 Å². The van der Waals surface area contributed by atoms with Crippen LogP contribution in [0.4, 0.5) is 4.79 Å². The number of carbonyl (C=O) groups is 3. The number of amides is 2. The van der Waals surface area contributed by atoms with Crippen molar-refractivity contribution in [1.82, 2.24) is 31.7 Å². The van der Waals surface area contributed by atoms with Gasteiger partial charge in [0.05, 0.1) is 12.7 Å². The summed E-state index contributed by atoms with van der Waals surface area (Å²) in [7, 11) is 0. The van der Waals surface area contributed by atoms with Gasteiger partial charge in [0.25, 0.3) is 11.8 Å². The minimum Gasteiger partial charge on any atom is -0.480 e. The molecular weight excluding hydrogens is 412 g/mol. The maximum Gasteiger partial charge on any atom is 0.407 e. The van der Waals surface area contributed by atoms with Crippen LogP contribution < -0.4 is 31.3 Å². The van der Waals surface area contributed by atoms with Gasteiger partial charge in [-0.2, -0.15) is 0 Å². The zero-order valence-electron chi connectivity index (χ0n) is 17.3. The predicted molar refractivity (Wildman–Crippen MR) is 107 cm³/mol. The topological polar surface area (TPSA) is 176 Å². The highest BCUT2D eigenvalue weighted by atomic mass is 16.6. The summed E-state index contributed by atoms with van der Waals surface area (Å²) >= 11 is 0. The summed E-state index contributed by atoms with van der Waals surface area (Å²) in [5.74, 6) is -2.14. The standard InChI is InChI=1S/C18H28N6O7/c1-3-4-8-29-18(28)23-12(16(26)27)10-21-15(25)13-9-14(24-31-13)30-11(2)22-17-19-6-5-7-20-17/h5-6,9,11-12,17,19-20,22H,3-4,7-8,10H2,1-2H3,(H,21,25)(H,23,28)(H,26,27). The summed E-state index contributed by atoms with van der Waals surface area (Å²) in [6.07, 6.45) is 3.70. The number of nitrogens with zero attached hydrogens (tertiary/aromatic N) is 1. The van der Waals surface area contributed by atoms with E-state index >= 15 is 0 Å². The Morgan fingerprint density at radius 2 is 2.23 bits per heavy atom. The first-order valence-electron chi connectivity index (χ1n) is 9.87. The molecule has 3 unspecified atom stereocenters. The largest absolute Gasteiger partial charge is 0.480 e. The molecule has 2 amide bonds. The molecule has 2 rings (SSSR count). The van der Waals surface area contributed by atoms with Crippen molar-refractivity contribution in [1.29, 1.82) is 0 Å². The van der Waals surface area contributed by atoms with Gasteiger partial charge in [-0.1, -0.05) is 19.4 Å². The van der Waals surface area contributed by atoms with Crippen LogP contribution in [0.25, 0.3) is 0 Å². The van der Waals surface area contributed by atoms with Crippen molar-refractivity contribution in [2.24, 2.45) is 0 Å². The molecule has 0 fully saturated rings. The minimum absolute atomic E-state index is 0.0731. The second-order valence-corrected chi connectivity index (χ2v) is 6.60. The highest BCUT2D eigenvalue weighted by Crippen LogP contribution is 2.12. The summed E-state index contributed by atoms with van der Waals surface area (Å²) in [5, 5.41) is 26.7. The van der Waals surface area contributed by atoms with E-state index in [4.69, 9.17) is 14.0 Å². The average molecular weight is 440 g/mol. The molecule has 13 nitrogen and oxygen atoms in total. The van der Waals surface area contributed by atoms with E-state index in [9.17, 15) is 19.5 Å². The molecule has 2 heterocycles. The lowest BCUT2D eigenvalue weighted by Gasteiger charge is -2.26. The Hall–Kier alpha value is -3.32. The summed E-state index contributed by atoms with van der Waals surface area (Å²) in [4.78, 5) is 35.1. The summed E-state index contributed by atoms with van der Waals surface area (Å²) in [6, 6.07) is -0.0948. The fourth-order valence-corrected chi connectivity index (χ4v) is 2.42. The molecule has 1 aromatic heterocycles. The van der Waals surface area contributed by atoms with Gasteiger partial charge < -0.3 is 35.1 Å². The van der Waals surface area contributed by atoms with Crippen LogP contribution in [-0.4, -0.2) is 66.5 Å². The van der Waals surface area contributed by atoms with Crippen molar-refractivity contribution in [3.8, 4) is 5.88 Å². The summed E-state index contributed by atoms with van der Waals surface area (Å²) in [6.45, 7) is 4.18. The van der Waals surface area contributed by atoms with Gasteiger partial charge in [0.2, 0.25) is 5.76 Å². The zero-order chi connectivity index (χ0) is 22.6. The van der Waals surface area contributed by atoms with Crippen LogP contribution in [0.3, 0.4) is 0 Å². The molecule has 13 heteroatoms. The second kappa shape index (κ2) is 12.4.